The molecule has 1 aromatic rings. The molecule has 0 saturated carbocycles. The Morgan fingerprint density at radius 3 is 2.38 bits per heavy atom. The lowest BCUT2D eigenvalue weighted by Gasteiger charge is -2.44. The molecule has 3 fully saturated rings. The summed E-state index contributed by atoms with van der Waals surface area (Å²) in [6, 6.07) is 11.7. The zero-order valence-corrected chi connectivity index (χ0v) is 14.4. The summed E-state index contributed by atoms with van der Waals surface area (Å²) in [5, 5.41) is 11.1. The van der Waals surface area contributed by atoms with Crippen LogP contribution in [0.5, 0.6) is 0 Å². The third kappa shape index (κ3) is 3.67. The van der Waals surface area contributed by atoms with Gasteiger partial charge >= 0.3 is 0 Å². The van der Waals surface area contributed by atoms with E-state index in [0.29, 0.717) is 12.1 Å². The first-order chi connectivity index (χ1) is 11.7. The fourth-order valence-corrected chi connectivity index (χ4v) is 4.76. The third-order valence-corrected chi connectivity index (χ3v) is 5.95. The van der Waals surface area contributed by atoms with Crippen LogP contribution in [0.2, 0.25) is 0 Å². The van der Waals surface area contributed by atoms with Crippen LogP contribution in [-0.4, -0.2) is 47.2 Å². The molecule has 4 heteroatoms. The molecule has 1 N–H and O–H groups in total. The summed E-state index contributed by atoms with van der Waals surface area (Å²) in [5.74, 6) is 0. The van der Waals surface area contributed by atoms with Crippen molar-refractivity contribution in [2.75, 3.05) is 13.2 Å². The summed E-state index contributed by atoms with van der Waals surface area (Å²) >= 11 is 0. The van der Waals surface area contributed by atoms with Crippen molar-refractivity contribution in [3.63, 3.8) is 0 Å². The Balaban J connectivity index is 1.34. The summed E-state index contributed by atoms with van der Waals surface area (Å²) in [4.78, 5) is 2.62. The van der Waals surface area contributed by atoms with Crippen molar-refractivity contribution in [1.29, 1.82) is 0 Å². The lowest BCUT2D eigenvalue weighted by Crippen LogP contribution is -2.50. The second-order valence-electron chi connectivity index (χ2n) is 7.74. The molecule has 0 spiro atoms. The van der Waals surface area contributed by atoms with Gasteiger partial charge in [-0.15, -0.1) is 0 Å². The van der Waals surface area contributed by atoms with Crippen molar-refractivity contribution in [2.24, 2.45) is 0 Å². The molecule has 4 rings (SSSR count). The smallest absolute Gasteiger partial charge is 0.157 e. The molecule has 0 aromatic heterocycles. The van der Waals surface area contributed by atoms with E-state index >= 15 is 0 Å². The lowest BCUT2D eigenvalue weighted by molar-refractivity contribution is -0.189. The molecule has 3 aliphatic heterocycles. The number of benzene rings is 1. The van der Waals surface area contributed by atoms with Crippen LogP contribution in [0.25, 0.3) is 0 Å². The second kappa shape index (κ2) is 7.12. The highest BCUT2D eigenvalue weighted by Crippen LogP contribution is 2.43. The Kier molecular flexibility index (Phi) is 4.90. The third-order valence-electron chi connectivity index (χ3n) is 5.95. The van der Waals surface area contributed by atoms with Crippen LogP contribution < -0.4 is 0 Å². The molecule has 2 unspecified atom stereocenters. The topological polar surface area (TPSA) is 41.9 Å². The first kappa shape index (κ1) is 16.5. The van der Waals surface area contributed by atoms with Gasteiger partial charge in [0.05, 0.1) is 18.8 Å². The summed E-state index contributed by atoms with van der Waals surface area (Å²) in [6.45, 7) is 2.60. The molecular weight excluding hydrogens is 302 g/mol. The average molecular weight is 331 g/mol. The van der Waals surface area contributed by atoms with E-state index < -0.39 is 5.60 Å². The Hall–Kier alpha value is -0.940. The number of nitrogens with zero attached hydrogens (tertiary/aromatic N) is 1. The molecule has 3 aliphatic rings. The SMILES string of the molecule is OC1(CCC2OCCCO2)CC2CCC(C1)N2Cc1ccccc1. The van der Waals surface area contributed by atoms with Gasteiger partial charge < -0.3 is 14.6 Å². The highest BCUT2D eigenvalue weighted by atomic mass is 16.7. The van der Waals surface area contributed by atoms with E-state index in [-0.39, 0.29) is 6.29 Å². The Morgan fingerprint density at radius 1 is 1.04 bits per heavy atom. The standard InChI is InChI=1S/C20H29NO3/c22-20(10-9-19-23-11-4-12-24-19)13-17-7-8-18(14-20)21(17)15-16-5-2-1-3-6-16/h1-3,5-6,17-19,22H,4,7-15H2. The van der Waals surface area contributed by atoms with E-state index in [1.807, 2.05) is 0 Å². The van der Waals surface area contributed by atoms with Gasteiger partial charge in [-0.3, -0.25) is 4.90 Å². The van der Waals surface area contributed by atoms with Crippen molar-refractivity contribution < 1.29 is 14.6 Å². The summed E-state index contributed by atoms with van der Waals surface area (Å²) < 4.78 is 11.3. The van der Waals surface area contributed by atoms with E-state index in [1.165, 1.54) is 18.4 Å². The van der Waals surface area contributed by atoms with Crippen molar-refractivity contribution in [1.82, 2.24) is 4.90 Å². The van der Waals surface area contributed by atoms with E-state index in [0.717, 1.165) is 51.9 Å². The molecule has 0 radical (unpaired) electrons. The van der Waals surface area contributed by atoms with Crippen LogP contribution in [0, 0.1) is 0 Å². The molecule has 3 heterocycles. The highest BCUT2D eigenvalue weighted by molar-refractivity contribution is 5.16. The van der Waals surface area contributed by atoms with Crippen LogP contribution in [0.3, 0.4) is 0 Å². The van der Waals surface area contributed by atoms with E-state index in [2.05, 4.69) is 35.2 Å². The second-order valence-corrected chi connectivity index (χ2v) is 7.74. The average Bonchev–Trinajstić information content (AvgIpc) is 2.86. The number of rotatable bonds is 5. The van der Waals surface area contributed by atoms with Gasteiger partial charge in [0.1, 0.15) is 0 Å². The zero-order valence-electron chi connectivity index (χ0n) is 14.4. The quantitative estimate of drug-likeness (QED) is 0.900. The number of piperidine rings is 1. The van der Waals surface area contributed by atoms with Gasteiger partial charge in [0.25, 0.3) is 0 Å². The number of fused-ring (bicyclic) bond motifs is 2. The first-order valence-electron chi connectivity index (χ1n) is 9.47. The summed E-state index contributed by atoms with van der Waals surface area (Å²) in [5.41, 5.74) is 0.840. The van der Waals surface area contributed by atoms with Gasteiger partial charge in [-0.2, -0.15) is 0 Å². The summed E-state index contributed by atoms with van der Waals surface area (Å²) in [6.07, 6.45) is 6.71. The van der Waals surface area contributed by atoms with E-state index in [9.17, 15) is 5.11 Å². The molecule has 24 heavy (non-hydrogen) atoms. The summed E-state index contributed by atoms with van der Waals surface area (Å²) in [7, 11) is 0. The number of hydrogen-bond acceptors (Lipinski definition) is 4. The number of hydrogen-bond donors (Lipinski definition) is 1. The number of aliphatic hydroxyl groups is 1. The van der Waals surface area contributed by atoms with Gasteiger partial charge in [0.15, 0.2) is 6.29 Å². The van der Waals surface area contributed by atoms with Crippen molar-refractivity contribution >= 4 is 0 Å². The highest BCUT2D eigenvalue weighted by Gasteiger charge is 2.47. The Labute approximate surface area is 144 Å². The fraction of sp³-hybridized carbons (Fsp3) is 0.700. The maximum atomic E-state index is 11.1. The predicted octanol–water partition coefficient (Wildman–Crippen LogP) is 3.09. The van der Waals surface area contributed by atoms with Crippen molar-refractivity contribution in [3.05, 3.63) is 35.9 Å². The van der Waals surface area contributed by atoms with Crippen LogP contribution in [0.4, 0.5) is 0 Å². The predicted molar refractivity (Wildman–Crippen MR) is 92.5 cm³/mol. The van der Waals surface area contributed by atoms with Gasteiger partial charge in [0.2, 0.25) is 0 Å². The molecule has 3 saturated heterocycles. The zero-order chi connectivity index (χ0) is 16.4. The molecule has 4 nitrogen and oxygen atoms in total. The minimum absolute atomic E-state index is 0.109. The van der Waals surface area contributed by atoms with Crippen LogP contribution in [-0.2, 0) is 16.0 Å². The van der Waals surface area contributed by atoms with Crippen LogP contribution >= 0.6 is 0 Å². The van der Waals surface area contributed by atoms with Crippen molar-refractivity contribution in [2.45, 2.75) is 75.5 Å². The van der Waals surface area contributed by atoms with E-state index in [1.54, 1.807) is 0 Å². The monoisotopic (exact) mass is 331 g/mol. The largest absolute Gasteiger partial charge is 0.390 e. The van der Waals surface area contributed by atoms with Crippen LogP contribution in [0.15, 0.2) is 30.3 Å². The van der Waals surface area contributed by atoms with E-state index in [4.69, 9.17) is 9.47 Å². The Bertz CT molecular complexity index is 515. The minimum Gasteiger partial charge on any atom is -0.390 e. The first-order valence-corrected chi connectivity index (χ1v) is 9.47. The fourth-order valence-electron chi connectivity index (χ4n) is 4.76. The van der Waals surface area contributed by atoms with Gasteiger partial charge in [-0.1, -0.05) is 30.3 Å². The molecule has 0 amide bonds. The van der Waals surface area contributed by atoms with Crippen LogP contribution in [0.1, 0.15) is 50.5 Å². The molecule has 0 aliphatic carbocycles. The lowest BCUT2D eigenvalue weighted by atomic mass is 9.82. The number of ether oxygens (including phenoxy) is 2. The maximum absolute atomic E-state index is 11.1. The molecule has 1 aromatic carbocycles. The minimum atomic E-state index is -0.539. The molecule has 2 atom stereocenters. The van der Waals surface area contributed by atoms with Crippen molar-refractivity contribution in [3.8, 4) is 0 Å². The van der Waals surface area contributed by atoms with Gasteiger partial charge in [-0.05, 0) is 44.1 Å². The van der Waals surface area contributed by atoms with Gasteiger partial charge in [-0.25, -0.2) is 0 Å². The maximum Gasteiger partial charge on any atom is 0.157 e. The molecular formula is C20H29NO3. The normalized spacial score (nSPS) is 34.5. The molecule has 132 valence electrons. The van der Waals surface area contributed by atoms with Gasteiger partial charge in [0, 0.05) is 25.0 Å². The Morgan fingerprint density at radius 2 is 1.71 bits per heavy atom. The molecule has 2 bridgehead atoms.